The highest BCUT2D eigenvalue weighted by Crippen LogP contribution is 2.05. The molecule has 0 fully saturated rings. The summed E-state index contributed by atoms with van der Waals surface area (Å²) in [6.07, 6.45) is 2.82. The third-order valence-corrected chi connectivity index (χ3v) is 2.85. The highest BCUT2D eigenvalue weighted by Gasteiger charge is 2.14. The number of nitrogens with one attached hydrogen (secondary N) is 1. The number of benzene rings is 1. The molecule has 0 spiro atoms. The predicted molar refractivity (Wildman–Crippen MR) is 72.7 cm³/mol. The van der Waals surface area contributed by atoms with Gasteiger partial charge in [0.15, 0.2) is 0 Å². The number of hydrogen-bond acceptors (Lipinski definition) is 3. The van der Waals surface area contributed by atoms with Crippen LogP contribution in [-0.4, -0.2) is 28.6 Å². The van der Waals surface area contributed by atoms with Crippen LogP contribution in [0.4, 0.5) is 4.39 Å². The first-order valence-electron chi connectivity index (χ1n) is 6.25. The molecule has 4 nitrogen and oxygen atoms in total. The number of hydrogen-bond donors (Lipinski definition) is 2. The van der Waals surface area contributed by atoms with E-state index in [9.17, 15) is 14.3 Å². The summed E-state index contributed by atoms with van der Waals surface area (Å²) in [5.74, 6) is -1.02. The minimum absolute atomic E-state index is 0.136. The SMILES string of the molecule is O=C(N[C@H](CO)Cc1ccccc1)c1cncc(F)c1. The van der Waals surface area contributed by atoms with E-state index in [2.05, 4.69) is 10.3 Å². The zero-order valence-electron chi connectivity index (χ0n) is 10.8. The van der Waals surface area contributed by atoms with E-state index in [1.54, 1.807) is 0 Å². The summed E-state index contributed by atoms with van der Waals surface area (Å²) in [5, 5.41) is 12.0. The highest BCUT2D eigenvalue weighted by atomic mass is 19.1. The Labute approximate surface area is 116 Å². The monoisotopic (exact) mass is 274 g/mol. The fraction of sp³-hybridized carbons (Fsp3) is 0.200. The molecular weight excluding hydrogens is 259 g/mol. The molecule has 0 aliphatic carbocycles. The molecule has 0 bridgehead atoms. The topological polar surface area (TPSA) is 62.2 Å². The molecule has 1 heterocycles. The first kappa shape index (κ1) is 14.1. The first-order valence-corrected chi connectivity index (χ1v) is 6.25. The Morgan fingerprint density at radius 2 is 2.05 bits per heavy atom. The van der Waals surface area contributed by atoms with Crippen molar-refractivity contribution in [2.45, 2.75) is 12.5 Å². The lowest BCUT2D eigenvalue weighted by atomic mass is 10.1. The Kier molecular flexibility index (Phi) is 4.79. The van der Waals surface area contributed by atoms with Gasteiger partial charge in [0, 0.05) is 6.20 Å². The molecule has 104 valence electrons. The molecule has 1 amide bonds. The molecule has 2 rings (SSSR count). The number of nitrogens with zero attached hydrogens (tertiary/aromatic N) is 1. The molecule has 1 atom stereocenters. The molecule has 0 unspecified atom stereocenters. The average molecular weight is 274 g/mol. The van der Waals surface area contributed by atoms with E-state index >= 15 is 0 Å². The number of aliphatic hydroxyl groups is 1. The maximum atomic E-state index is 13.0. The largest absolute Gasteiger partial charge is 0.394 e. The van der Waals surface area contributed by atoms with E-state index in [1.165, 1.54) is 6.20 Å². The zero-order chi connectivity index (χ0) is 14.4. The van der Waals surface area contributed by atoms with Crippen molar-refractivity contribution in [1.82, 2.24) is 10.3 Å². The van der Waals surface area contributed by atoms with Crippen LogP contribution in [0.5, 0.6) is 0 Å². The minimum Gasteiger partial charge on any atom is -0.394 e. The van der Waals surface area contributed by atoms with Gasteiger partial charge in [0.05, 0.1) is 24.4 Å². The van der Waals surface area contributed by atoms with Gasteiger partial charge in [-0.2, -0.15) is 0 Å². The zero-order valence-corrected chi connectivity index (χ0v) is 10.8. The smallest absolute Gasteiger partial charge is 0.253 e. The number of halogens is 1. The molecule has 1 aromatic heterocycles. The molecule has 0 saturated heterocycles. The van der Waals surface area contributed by atoms with Crippen molar-refractivity contribution < 1.29 is 14.3 Å². The second-order valence-electron chi connectivity index (χ2n) is 4.43. The Morgan fingerprint density at radius 3 is 2.70 bits per heavy atom. The molecule has 1 aromatic carbocycles. The molecule has 0 aliphatic rings. The van der Waals surface area contributed by atoms with Gasteiger partial charge >= 0.3 is 0 Å². The van der Waals surface area contributed by atoms with Crippen molar-refractivity contribution in [2.24, 2.45) is 0 Å². The van der Waals surface area contributed by atoms with Gasteiger partial charge in [0.1, 0.15) is 5.82 Å². The number of aromatic nitrogens is 1. The van der Waals surface area contributed by atoms with Gasteiger partial charge in [-0.1, -0.05) is 30.3 Å². The van der Waals surface area contributed by atoms with Crippen molar-refractivity contribution in [3.8, 4) is 0 Å². The maximum Gasteiger partial charge on any atom is 0.253 e. The molecule has 2 aromatic rings. The van der Waals surface area contributed by atoms with E-state index in [0.29, 0.717) is 6.42 Å². The number of amides is 1. The van der Waals surface area contributed by atoms with Crippen LogP contribution in [0.1, 0.15) is 15.9 Å². The average Bonchev–Trinajstić information content (AvgIpc) is 2.47. The Bertz CT molecular complexity index is 575. The van der Waals surface area contributed by atoms with Gasteiger partial charge in [-0.05, 0) is 18.1 Å². The molecule has 0 saturated carbocycles. The van der Waals surface area contributed by atoms with Crippen LogP contribution in [0.3, 0.4) is 0 Å². The van der Waals surface area contributed by atoms with Gasteiger partial charge in [0.25, 0.3) is 5.91 Å². The van der Waals surface area contributed by atoms with E-state index in [0.717, 1.165) is 17.8 Å². The first-order chi connectivity index (χ1) is 9.69. The van der Waals surface area contributed by atoms with Crippen LogP contribution in [0.15, 0.2) is 48.8 Å². The van der Waals surface area contributed by atoms with Gasteiger partial charge in [-0.15, -0.1) is 0 Å². The van der Waals surface area contributed by atoms with Crippen molar-refractivity contribution in [2.75, 3.05) is 6.61 Å². The fourth-order valence-electron chi connectivity index (χ4n) is 1.86. The lowest BCUT2D eigenvalue weighted by Gasteiger charge is -2.16. The van der Waals surface area contributed by atoms with E-state index < -0.39 is 17.8 Å². The molecule has 20 heavy (non-hydrogen) atoms. The normalized spacial score (nSPS) is 11.9. The quantitative estimate of drug-likeness (QED) is 0.869. The van der Waals surface area contributed by atoms with Crippen LogP contribution < -0.4 is 5.32 Å². The van der Waals surface area contributed by atoms with Crippen molar-refractivity contribution in [3.63, 3.8) is 0 Å². The summed E-state index contributed by atoms with van der Waals surface area (Å²) >= 11 is 0. The second-order valence-corrected chi connectivity index (χ2v) is 4.43. The van der Waals surface area contributed by atoms with Gasteiger partial charge in [-0.25, -0.2) is 4.39 Å². The standard InChI is InChI=1S/C15H15FN2O2/c16-13-7-12(8-17-9-13)15(20)18-14(10-19)6-11-4-2-1-3-5-11/h1-5,7-9,14,19H,6,10H2,(H,18,20)/t14-/m0/s1. The summed E-state index contributed by atoms with van der Waals surface area (Å²) in [5.41, 5.74) is 1.14. The third kappa shape index (κ3) is 3.86. The van der Waals surface area contributed by atoms with Crippen LogP contribution in [0.2, 0.25) is 0 Å². The van der Waals surface area contributed by atoms with Crippen LogP contribution in [0, 0.1) is 5.82 Å². The van der Waals surface area contributed by atoms with Crippen LogP contribution >= 0.6 is 0 Å². The lowest BCUT2D eigenvalue weighted by molar-refractivity contribution is 0.0915. The van der Waals surface area contributed by atoms with Crippen molar-refractivity contribution >= 4 is 5.91 Å². The molecule has 0 aliphatic heterocycles. The van der Waals surface area contributed by atoms with Crippen molar-refractivity contribution in [1.29, 1.82) is 0 Å². The summed E-state index contributed by atoms with van der Waals surface area (Å²) in [4.78, 5) is 15.6. The highest BCUT2D eigenvalue weighted by molar-refractivity contribution is 5.94. The Hall–Kier alpha value is -2.27. The molecule has 0 radical (unpaired) electrons. The summed E-state index contributed by atoms with van der Waals surface area (Å²) in [6, 6.07) is 10.2. The maximum absolute atomic E-state index is 13.0. The van der Waals surface area contributed by atoms with Crippen LogP contribution in [-0.2, 0) is 6.42 Å². The lowest BCUT2D eigenvalue weighted by Crippen LogP contribution is -2.39. The number of carbonyl (C=O) groups excluding carboxylic acids is 1. The minimum atomic E-state index is -0.568. The molecule has 2 N–H and O–H groups in total. The number of aliphatic hydroxyl groups excluding tert-OH is 1. The van der Waals surface area contributed by atoms with Crippen molar-refractivity contribution in [3.05, 3.63) is 65.7 Å². The summed E-state index contributed by atoms with van der Waals surface area (Å²) in [6.45, 7) is -0.191. The summed E-state index contributed by atoms with van der Waals surface area (Å²) < 4.78 is 13.0. The van der Waals surface area contributed by atoms with E-state index in [4.69, 9.17) is 0 Å². The van der Waals surface area contributed by atoms with E-state index in [-0.39, 0.29) is 12.2 Å². The van der Waals surface area contributed by atoms with Crippen LogP contribution in [0.25, 0.3) is 0 Å². The summed E-state index contributed by atoms with van der Waals surface area (Å²) in [7, 11) is 0. The number of rotatable bonds is 5. The Balaban J connectivity index is 2.01. The Morgan fingerprint density at radius 1 is 1.30 bits per heavy atom. The third-order valence-electron chi connectivity index (χ3n) is 2.85. The van der Waals surface area contributed by atoms with Gasteiger partial charge < -0.3 is 10.4 Å². The molecule has 5 heteroatoms. The molecular formula is C15H15FN2O2. The fourth-order valence-corrected chi connectivity index (χ4v) is 1.86. The van der Waals surface area contributed by atoms with Gasteiger partial charge in [-0.3, -0.25) is 9.78 Å². The van der Waals surface area contributed by atoms with Gasteiger partial charge in [0.2, 0.25) is 0 Å². The second kappa shape index (κ2) is 6.77. The van der Waals surface area contributed by atoms with E-state index in [1.807, 2.05) is 30.3 Å². The number of pyridine rings is 1. The predicted octanol–water partition coefficient (Wildman–Crippen LogP) is 1.55. The number of carbonyl (C=O) groups is 1.